The van der Waals surface area contributed by atoms with Gasteiger partial charge < -0.3 is 4.74 Å². The summed E-state index contributed by atoms with van der Waals surface area (Å²) in [6.07, 6.45) is 0. The van der Waals surface area contributed by atoms with Gasteiger partial charge in [-0.3, -0.25) is 10.1 Å². The predicted molar refractivity (Wildman–Crippen MR) is 119 cm³/mol. The van der Waals surface area contributed by atoms with Crippen molar-refractivity contribution in [1.29, 1.82) is 0 Å². The van der Waals surface area contributed by atoms with E-state index in [0.717, 1.165) is 5.56 Å². The second-order valence-corrected chi connectivity index (χ2v) is 10.2. The summed E-state index contributed by atoms with van der Waals surface area (Å²) in [6.45, 7) is 3.02. The van der Waals surface area contributed by atoms with Crippen LogP contribution in [0.3, 0.4) is 0 Å². The van der Waals surface area contributed by atoms with Gasteiger partial charge in [0.1, 0.15) is 0 Å². The summed E-state index contributed by atoms with van der Waals surface area (Å²) >= 11 is 7.38. The van der Waals surface area contributed by atoms with Gasteiger partial charge in [0.15, 0.2) is 5.01 Å². The van der Waals surface area contributed by atoms with Crippen LogP contribution in [0.2, 0.25) is 5.02 Å². The number of rotatable bonds is 5. The Labute approximate surface area is 188 Å². The van der Waals surface area contributed by atoms with Crippen LogP contribution in [-0.4, -0.2) is 55.1 Å². The molecule has 1 aliphatic rings. The van der Waals surface area contributed by atoms with Crippen LogP contribution < -0.4 is 5.32 Å². The quantitative estimate of drug-likeness (QED) is 0.602. The van der Waals surface area contributed by atoms with Crippen molar-refractivity contribution in [2.24, 2.45) is 0 Å². The van der Waals surface area contributed by atoms with Crippen LogP contribution in [0, 0.1) is 6.92 Å². The molecule has 1 fully saturated rings. The van der Waals surface area contributed by atoms with E-state index in [0.29, 0.717) is 33.9 Å². The second kappa shape index (κ2) is 9.01. The van der Waals surface area contributed by atoms with E-state index in [9.17, 15) is 13.2 Å². The maximum absolute atomic E-state index is 12.9. The molecule has 11 heteroatoms. The molecule has 0 bridgehead atoms. The van der Waals surface area contributed by atoms with Gasteiger partial charge in [-0.05, 0) is 30.7 Å². The van der Waals surface area contributed by atoms with E-state index >= 15 is 0 Å². The smallest absolute Gasteiger partial charge is 0.257 e. The lowest BCUT2D eigenvalue weighted by Crippen LogP contribution is -2.40. The predicted octanol–water partition coefficient (Wildman–Crippen LogP) is 3.44. The van der Waals surface area contributed by atoms with Gasteiger partial charge in [0.2, 0.25) is 15.2 Å². The normalized spacial score (nSPS) is 15.0. The van der Waals surface area contributed by atoms with Crippen molar-refractivity contribution in [1.82, 2.24) is 14.5 Å². The van der Waals surface area contributed by atoms with Crippen LogP contribution in [0.1, 0.15) is 15.9 Å². The third-order valence-corrected chi connectivity index (χ3v) is 7.91. The Morgan fingerprint density at radius 3 is 2.65 bits per heavy atom. The van der Waals surface area contributed by atoms with Crippen molar-refractivity contribution in [3.8, 4) is 10.6 Å². The largest absolute Gasteiger partial charge is 0.379 e. The molecule has 0 radical (unpaired) electrons. The number of aromatic nitrogens is 2. The molecule has 4 rings (SSSR count). The van der Waals surface area contributed by atoms with E-state index in [2.05, 4.69) is 15.5 Å². The van der Waals surface area contributed by atoms with Gasteiger partial charge in [0.05, 0.1) is 23.1 Å². The minimum Gasteiger partial charge on any atom is -0.379 e. The molecule has 0 spiro atoms. The molecule has 31 heavy (non-hydrogen) atoms. The standard InChI is InChI=1S/C20H19ClN4O4S2/c1-13-6-7-14(31(27,28)25-8-10-29-11-9-25)12-16(13)18(26)22-20-24-23-19(30-20)15-4-2-3-5-17(15)21/h2-7,12H,8-11H2,1H3,(H,22,24,26). The molecular formula is C20H19ClN4O4S2. The van der Waals surface area contributed by atoms with Gasteiger partial charge in [0.25, 0.3) is 5.91 Å². The first-order valence-electron chi connectivity index (χ1n) is 9.44. The number of aryl methyl sites for hydroxylation is 1. The molecule has 3 aromatic rings. The number of nitrogens with zero attached hydrogens (tertiary/aromatic N) is 3. The van der Waals surface area contributed by atoms with Gasteiger partial charge in [0, 0.05) is 24.2 Å². The van der Waals surface area contributed by atoms with Crippen molar-refractivity contribution in [2.75, 3.05) is 31.6 Å². The van der Waals surface area contributed by atoms with Crippen LogP contribution in [0.5, 0.6) is 0 Å². The second-order valence-electron chi connectivity index (χ2n) is 6.84. The molecule has 0 unspecified atom stereocenters. The Morgan fingerprint density at radius 1 is 1.16 bits per heavy atom. The lowest BCUT2D eigenvalue weighted by Gasteiger charge is -2.26. The number of hydrogen-bond acceptors (Lipinski definition) is 7. The Balaban J connectivity index is 1.57. The summed E-state index contributed by atoms with van der Waals surface area (Å²) in [5, 5.41) is 12.2. The number of ether oxygens (including phenoxy) is 1. The highest BCUT2D eigenvalue weighted by Crippen LogP contribution is 2.32. The first-order chi connectivity index (χ1) is 14.9. The highest BCUT2D eigenvalue weighted by atomic mass is 35.5. The molecule has 8 nitrogen and oxygen atoms in total. The van der Waals surface area contributed by atoms with Crippen LogP contribution in [0.4, 0.5) is 5.13 Å². The summed E-state index contributed by atoms with van der Waals surface area (Å²) < 4.78 is 32.5. The number of nitrogens with one attached hydrogen (secondary N) is 1. The number of amides is 1. The highest BCUT2D eigenvalue weighted by Gasteiger charge is 2.27. The third-order valence-electron chi connectivity index (χ3n) is 4.81. The maximum atomic E-state index is 12.9. The summed E-state index contributed by atoms with van der Waals surface area (Å²) in [6, 6.07) is 11.8. The molecule has 1 N–H and O–H groups in total. The summed E-state index contributed by atoms with van der Waals surface area (Å²) in [7, 11) is -3.71. The molecular weight excluding hydrogens is 460 g/mol. The SMILES string of the molecule is Cc1ccc(S(=O)(=O)N2CCOCC2)cc1C(=O)Nc1nnc(-c2ccccc2Cl)s1. The summed E-state index contributed by atoms with van der Waals surface area (Å²) in [4.78, 5) is 12.9. The number of benzene rings is 2. The Kier molecular flexibility index (Phi) is 6.35. The van der Waals surface area contributed by atoms with E-state index in [4.69, 9.17) is 16.3 Å². The first kappa shape index (κ1) is 21.8. The number of halogens is 1. The Morgan fingerprint density at radius 2 is 1.90 bits per heavy atom. The Hall–Kier alpha value is -2.37. The zero-order chi connectivity index (χ0) is 22.0. The fraction of sp³-hybridized carbons (Fsp3) is 0.250. The topological polar surface area (TPSA) is 101 Å². The molecule has 1 saturated heterocycles. The van der Waals surface area contributed by atoms with Crippen molar-refractivity contribution in [3.63, 3.8) is 0 Å². The number of carbonyl (C=O) groups is 1. The Bertz CT molecular complexity index is 1220. The van der Waals surface area contributed by atoms with E-state index in [1.807, 2.05) is 18.2 Å². The molecule has 162 valence electrons. The van der Waals surface area contributed by atoms with Crippen LogP contribution >= 0.6 is 22.9 Å². The van der Waals surface area contributed by atoms with Gasteiger partial charge >= 0.3 is 0 Å². The fourth-order valence-corrected chi connectivity index (χ4v) is 5.62. The average Bonchev–Trinajstić information content (AvgIpc) is 3.23. The molecule has 1 aromatic heterocycles. The molecule has 0 saturated carbocycles. The minimum absolute atomic E-state index is 0.0687. The number of morpholine rings is 1. The third kappa shape index (κ3) is 4.63. The zero-order valence-corrected chi connectivity index (χ0v) is 18.9. The van der Waals surface area contributed by atoms with Crippen molar-refractivity contribution < 1.29 is 17.9 Å². The van der Waals surface area contributed by atoms with E-state index in [1.54, 1.807) is 19.1 Å². The number of sulfonamides is 1. The van der Waals surface area contributed by atoms with E-state index in [1.165, 1.54) is 27.8 Å². The van der Waals surface area contributed by atoms with E-state index < -0.39 is 15.9 Å². The van der Waals surface area contributed by atoms with Crippen LogP contribution in [0.25, 0.3) is 10.6 Å². The summed E-state index contributed by atoms with van der Waals surface area (Å²) in [5.74, 6) is -0.460. The average molecular weight is 479 g/mol. The molecule has 1 amide bonds. The molecule has 1 aliphatic heterocycles. The maximum Gasteiger partial charge on any atom is 0.257 e. The number of hydrogen-bond donors (Lipinski definition) is 1. The molecule has 0 atom stereocenters. The zero-order valence-electron chi connectivity index (χ0n) is 16.5. The van der Waals surface area contributed by atoms with Gasteiger partial charge in [-0.1, -0.05) is 47.2 Å². The molecule has 2 aromatic carbocycles. The van der Waals surface area contributed by atoms with Crippen molar-refractivity contribution in [3.05, 3.63) is 58.6 Å². The summed E-state index contributed by atoms with van der Waals surface area (Å²) in [5.41, 5.74) is 1.62. The van der Waals surface area contributed by atoms with Crippen LogP contribution in [0.15, 0.2) is 47.4 Å². The first-order valence-corrected chi connectivity index (χ1v) is 12.1. The lowest BCUT2D eigenvalue weighted by atomic mass is 10.1. The monoisotopic (exact) mass is 478 g/mol. The minimum atomic E-state index is -3.71. The number of carbonyl (C=O) groups excluding carboxylic acids is 1. The number of anilines is 1. The molecule has 0 aliphatic carbocycles. The highest BCUT2D eigenvalue weighted by molar-refractivity contribution is 7.89. The van der Waals surface area contributed by atoms with Crippen molar-refractivity contribution >= 4 is 44.0 Å². The van der Waals surface area contributed by atoms with Gasteiger partial charge in [-0.2, -0.15) is 4.31 Å². The van der Waals surface area contributed by atoms with Gasteiger partial charge in [-0.25, -0.2) is 8.42 Å². The van der Waals surface area contributed by atoms with Gasteiger partial charge in [-0.15, -0.1) is 10.2 Å². The van der Waals surface area contributed by atoms with E-state index in [-0.39, 0.29) is 23.5 Å². The van der Waals surface area contributed by atoms with Crippen LogP contribution in [-0.2, 0) is 14.8 Å². The fourth-order valence-electron chi connectivity index (χ4n) is 3.12. The lowest BCUT2D eigenvalue weighted by molar-refractivity contribution is 0.0730. The van der Waals surface area contributed by atoms with Crippen molar-refractivity contribution in [2.45, 2.75) is 11.8 Å². The molecule has 2 heterocycles.